The highest BCUT2D eigenvalue weighted by molar-refractivity contribution is 5.54. The molecule has 98 valence electrons. The second kappa shape index (κ2) is 7.34. The van der Waals surface area contributed by atoms with Gasteiger partial charge >= 0.3 is 0 Å². The van der Waals surface area contributed by atoms with Crippen LogP contribution in [0.4, 0.5) is 0 Å². The van der Waals surface area contributed by atoms with E-state index in [-0.39, 0.29) is 6.61 Å². The van der Waals surface area contributed by atoms with Crippen molar-refractivity contribution in [3.63, 3.8) is 0 Å². The minimum atomic E-state index is 0.275. The van der Waals surface area contributed by atoms with E-state index >= 15 is 0 Å². The molecule has 2 rings (SSSR count). The molecule has 0 radical (unpaired) electrons. The molecule has 0 aliphatic heterocycles. The molecule has 1 aliphatic carbocycles. The van der Waals surface area contributed by atoms with Gasteiger partial charge in [0.05, 0.1) is 0 Å². The lowest BCUT2D eigenvalue weighted by Crippen LogP contribution is -2.34. The smallest absolute Gasteiger partial charge is 0.0443 e. The van der Waals surface area contributed by atoms with Gasteiger partial charge in [-0.05, 0) is 37.8 Å². The fourth-order valence-electron chi connectivity index (χ4n) is 2.56. The average Bonchev–Trinajstić information content (AvgIpc) is 2.42. The zero-order valence-electron chi connectivity index (χ0n) is 10.9. The van der Waals surface area contributed by atoms with E-state index < -0.39 is 0 Å². The van der Waals surface area contributed by atoms with E-state index in [4.69, 9.17) is 5.11 Å². The fourth-order valence-corrected chi connectivity index (χ4v) is 2.56. The monoisotopic (exact) mass is 245 g/mol. The lowest BCUT2D eigenvalue weighted by molar-refractivity contribution is 0.282. The van der Waals surface area contributed by atoms with Crippen molar-refractivity contribution in [1.29, 1.82) is 0 Å². The summed E-state index contributed by atoms with van der Waals surface area (Å²) in [4.78, 5) is 0. The van der Waals surface area contributed by atoms with E-state index in [1.54, 1.807) is 0 Å². The van der Waals surface area contributed by atoms with Crippen molar-refractivity contribution in [2.24, 2.45) is 0 Å². The molecule has 1 aromatic carbocycles. The molecule has 0 saturated heterocycles. The van der Waals surface area contributed by atoms with Crippen LogP contribution in [-0.2, 0) is 0 Å². The van der Waals surface area contributed by atoms with Crippen LogP contribution in [0.3, 0.4) is 0 Å². The predicted octanol–water partition coefficient (Wildman–Crippen LogP) is 2.98. The Labute approximate surface area is 110 Å². The molecule has 2 nitrogen and oxygen atoms in total. The van der Waals surface area contributed by atoms with Gasteiger partial charge in [0.1, 0.15) is 0 Å². The van der Waals surface area contributed by atoms with Crippen LogP contribution in [-0.4, -0.2) is 24.3 Å². The Balaban J connectivity index is 2.01. The molecular weight excluding hydrogens is 222 g/mol. The Morgan fingerprint density at radius 1 is 1.22 bits per heavy atom. The second-order valence-corrected chi connectivity index (χ2v) is 4.96. The average molecular weight is 245 g/mol. The molecule has 0 spiro atoms. The van der Waals surface area contributed by atoms with Crippen LogP contribution >= 0.6 is 0 Å². The van der Waals surface area contributed by atoms with Gasteiger partial charge in [0.25, 0.3) is 0 Å². The summed E-state index contributed by atoms with van der Waals surface area (Å²) in [5.41, 5.74) is 2.81. The van der Waals surface area contributed by atoms with Crippen molar-refractivity contribution < 1.29 is 5.11 Å². The molecule has 1 unspecified atom stereocenters. The third kappa shape index (κ3) is 3.97. The molecule has 0 amide bonds. The summed E-state index contributed by atoms with van der Waals surface area (Å²) in [5.74, 6) is 0. The topological polar surface area (TPSA) is 32.3 Å². The second-order valence-electron chi connectivity index (χ2n) is 4.96. The van der Waals surface area contributed by atoms with Crippen LogP contribution in [0.25, 0.3) is 6.08 Å². The van der Waals surface area contributed by atoms with Crippen LogP contribution in [0.15, 0.2) is 35.9 Å². The van der Waals surface area contributed by atoms with Gasteiger partial charge in [-0.3, -0.25) is 0 Å². The Kier molecular flexibility index (Phi) is 5.43. The fraction of sp³-hybridized carbons (Fsp3) is 0.500. The van der Waals surface area contributed by atoms with Crippen LogP contribution in [0, 0.1) is 0 Å². The highest BCUT2D eigenvalue weighted by Crippen LogP contribution is 2.25. The Morgan fingerprint density at radius 2 is 2.06 bits per heavy atom. The molecule has 1 aliphatic rings. The third-order valence-corrected chi connectivity index (χ3v) is 3.53. The van der Waals surface area contributed by atoms with E-state index in [0.717, 1.165) is 13.0 Å². The van der Waals surface area contributed by atoms with Gasteiger partial charge in [0.2, 0.25) is 0 Å². The molecule has 2 heteroatoms. The highest BCUT2D eigenvalue weighted by atomic mass is 16.3. The molecule has 1 atom stereocenters. The first-order valence-corrected chi connectivity index (χ1v) is 7.00. The minimum absolute atomic E-state index is 0.275. The Hall–Kier alpha value is -1.12. The number of aliphatic hydroxyl groups excluding tert-OH is 1. The summed E-state index contributed by atoms with van der Waals surface area (Å²) in [7, 11) is 0. The molecular formula is C16H23NO. The van der Waals surface area contributed by atoms with E-state index in [1.165, 1.54) is 36.8 Å². The Bertz CT molecular complexity index is 372. The quantitative estimate of drug-likeness (QED) is 0.782. The normalized spacial score (nSPS) is 22.3. The minimum Gasteiger partial charge on any atom is -0.396 e. The molecule has 0 bridgehead atoms. The lowest BCUT2D eigenvalue weighted by atomic mass is 9.88. The zero-order chi connectivity index (χ0) is 12.6. The molecule has 2 N–H and O–H groups in total. The van der Waals surface area contributed by atoms with Gasteiger partial charge in [0, 0.05) is 12.6 Å². The van der Waals surface area contributed by atoms with Crippen molar-refractivity contribution in [3.05, 3.63) is 41.5 Å². The van der Waals surface area contributed by atoms with Crippen LogP contribution < -0.4 is 5.32 Å². The standard InChI is InChI=1S/C16H23NO/c18-12-6-11-17-16-10-5-4-9-15(16)13-14-7-2-1-3-8-14/h1-3,7-8,13,16-18H,4-6,9-12H2/b15-13-. The molecule has 0 aromatic heterocycles. The first-order chi connectivity index (χ1) is 8.90. The first kappa shape index (κ1) is 13.3. The summed E-state index contributed by atoms with van der Waals surface area (Å²) >= 11 is 0. The van der Waals surface area contributed by atoms with Crippen molar-refractivity contribution in [2.45, 2.75) is 38.1 Å². The van der Waals surface area contributed by atoms with Crippen LogP contribution in [0.2, 0.25) is 0 Å². The summed E-state index contributed by atoms with van der Waals surface area (Å²) in [5, 5.41) is 12.4. The number of hydrogen-bond donors (Lipinski definition) is 2. The third-order valence-electron chi connectivity index (χ3n) is 3.53. The van der Waals surface area contributed by atoms with Gasteiger partial charge < -0.3 is 10.4 Å². The van der Waals surface area contributed by atoms with E-state index in [0.29, 0.717) is 6.04 Å². The largest absolute Gasteiger partial charge is 0.396 e. The number of rotatable bonds is 5. The molecule has 1 saturated carbocycles. The van der Waals surface area contributed by atoms with Gasteiger partial charge in [-0.15, -0.1) is 0 Å². The van der Waals surface area contributed by atoms with Crippen molar-refractivity contribution in [1.82, 2.24) is 5.32 Å². The Morgan fingerprint density at radius 3 is 2.83 bits per heavy atom. The number of aliphatic hydroxyl groups is 1. The summed E-state index contributed by atoms with van der Waals surface area (Å²) in [6.07, 6.45) is 8.21. The maximum atomic E-state index is 8.84. The summed E-state index contributed by atoms with van der Waals surface area (Å²) in [6.45, 7) is 1.19. The maximum Gasteiger partial charge on any atom is 0.0443 e. The zero-order valence-corrected chi connectivity index (χ0v) is 10.9. The van der Waals surface area contributed by atoms with Crippen LogP contribution in [0.5, 0.6) is 0 Å². The van der Waals surface area contributed by atoms with Crippen molar-refractivity contribution >= 4 is 6.08 Å². The summed E-state index contributed by atoms with van der Waals surface area (Å²) < 4.78 is 0. The lowest BCUT2D eigenvalue weighted by Gasteiger charge is -2.26. The van der Waals surface area contributed by atoms with Crippen molar-refractivity contribution in [3.8, 4) is 0 Å². The number of nitrogens with one attached hydrogen (secondary N) is 1. The maximum absolute atomic E-state index is 8.84. The van der Waals surface area contributed by atoms with Gasteiger partial charge in [-0.1, -0.05) is 48.4 Å². The molecule has 0 heterocycles. The molecule has 1 fully saturated rings. The first-order valence-electron chi connectivity index (χ1n) is 7.00. The SMILES string of the molecule is OCCCNC1CCCC/C1=C/c1ccccc1. The van der Waals surface area contributed by atoms with E-state index in [9.17, 15) is 0 Å². The van der Waals surface area contributed by atoms with Crippen LogP contribution in [0.1, 0.15) is 37.7 Å². The van der Waals surface area contributed by atoms with E-state index in [1.807, 2.05) is 0 Å². The molecule has 18 heavy (non-hydrogen) atoms. The number of hydrogen-bond acceptors (Lipinski definition) is 2. The molecule has 1 aromatic rings. The predicted molar refractivity (Wildman–Crippen MR) is 76.4 cm³/mol. The highest BCUT2D eigenvalue weighted by Gasteiger charge is 2.17. The van der Waals surface area contributed by atoms with Gasteiger partial charge in [0.15, 0.2) is 0 Å². The van der Waals surface area contributed by atoms with E-state index in [2.05, 4.69) is 41.7 Å². The summed E-state index contributed by atoms with van der Waals surface area (Å²) in [6, 6.07) is 11.1. The van der Waals surface area contributed by atoms with Gasteiger partial charge in [-0.25, -0.2) is 0 Å². The van der Waals surface area contributed by atoms with Gasteiger partial charge in [-0.2, -0.15) is 0 Å². The van der Waals surface area contributed by atoms with Crippen molar-refractivity contribution in [2.75, 3.05) is 13.2 Å². The number of benzene rings is 1.